The van der Waals surface area contributed by atoms with Crippen LogP contribution in [0.4, 0.5) is 0 Å². The molecule has 0 bridgehead atoms. The van der Waals surface area contributed by atoms with Gasteiger partial charge in [-0.1, -0.05) is 27.2 Å². The van der Waals surface area contributed by atoms with E-state index < -0.39 is 0 Å². The Hall–Kier alpha value is -0.830. The highest BCUT2D eigenvalue weighted by Crippen LogP contribution is 2.10. The lowest BCUT2D eigenvalue weighted by molar-refractivity contribution is 0.555. The molecule has 0 aliphatic carbocycles. The molecule has 86 valence electrons. The lowest BCUT2D eigenvalue weighted by atomic mass is 10.2. The fourth-order valence-corrected chi connectivity index (χ4v) is 1.64. The second-order valence-corrected chi connectivity index (χ2v) is 4.24. The quantitative estimate of drug-likeness (QED) is 0.699. The molecule has 0 aliphatic rings. The van der Waals surface area contributed by atoms with Gasteiger partial charge < -0.3 is 9.88 Å². The molecule has 0 spiro atoms. The van der Waals surface area contributed by atoms with Crippen LogP contribution in [-0.2, 0) is 6.54 Å². The molecule has 3 nitrogen and oxygen atoms in total. The average Bonchev–Trinajstić information content (AvgIpc) is 2.66. The van der Waals surface area contributed by atoms with Crippen molar-refractivity contribution in [3.8, 4) is 0 Å². The summed E-state index contributed by atoms with van der Waals surface area (Å²) < 4.78 is 2.24. The molecule has 3 heteroatoms. The van der Waals surface area contributed by atoms with Gasteiger partial charge >= 0.3 is 0 Å². The fraction of sp³-hybridized carbons (Fsp3) is 0.750. The van der Waals surface area contributed by atoms with E-state index in [4.69, 9.17) is 0 Å². The number of imidazole rings is 1. The summed E-state index contributed by atoms with van der Waals surface area (Å²) in [6, 6.07) is 0. The molecule has 1 rings (SSSR count). The van der Waals surface area contributed by atoms with Gasteiger partial charge in [0.15, 0.2) is 0 Å². The molecule has 0 saturated carbocycles. The lowest BCUT2D eigenvalue weighted by Gasteiger charge is -2.10. The molecule has 0 saturated heterocycles. The first-order valence-electron chi connectivity index (χ1n) is 5.97. The van der Waals surface area contributed by atoms with Crippen LogP contribution in [-0.4, -0.2) is 22.6 Å². The van der Waals surface area contributed by atoms with Crippen LogP contribution in [0.25, 0.3) is 0 Å². The lowest BCUT2D eigenvalue weighted by Crippen LogP contribution is -2.21. The first-order chi connectivity index (χ1) is 7.25. The second kappa shape index (κ2) is 6.62. The number of nitrogens with zero attached hydrogens (tertiary/aromatic N) is 2. The normalized spacial score (nSPS) is 11.2. The number of unbranched alkanes of at least 4 members (excludes halogenated alkanes) is 1. The number of hydrogen-bond acceptors (Lipinski definition) is 2. The average molecular weight is 209 g/mol. The summed E-state index contributed by atoms with van der Waals surface area (Å²) in [6.45, 7) is 9.77. The van der Waals surface area contributed by atoms with Gasteiger partial charge in [0.05, 0.1) is 0 Å². The van der Waals surface area contributed by atoms with E-state index in [0.717, 1.165) is 19.6 Å². The van der Waals surface area contributed by atoms with E-state index in [9.17, 15) is 0 Å². The predicted octanol–water partition coefficient (Wildman–Crippen LogP) is 2.40. The van der Waals surface area contributed by atoms with Crippen LogP contribution in [0.2, 0.25) is 0 Å². The molecular formula is C12H23N3. The topological polar surface area (TPSA) is 29.9 Å². The van der Waals surface area contributed by atoms with Crippen molar-refractivity contribution < 1.29 is 0 Å². The van der Waals surface area contributed by atoms with Crippen molar-refractivity contribution in [1.29, 1.82) is 0 Å². The highest BCUT2D eigenvalue weighted by atomic mass is 15.1. The van der Waals surface area contributed by atoms with E-state index in [-0.39, 0.29) is 0 Å². The molecule has 0 unspecified atom stereocenters. The van der Waals surface area contributed by atoms with E-state index in [1.165, 1.54) is 18.7 Å². The molecule has 0 atom stereocenters. The van der Waals surface area contributed by atoms with Gasteiger partial charge in [0.1, 0.15) is 5.82 Å². The molecule has 0 aliphatic heterocycles. The van der Waals surface area contributed by atoms with Gasteiger partial charge in [-0.25, -0.2) is 4.98 Å². The predicted molar refractivity (Wildman–Crippen MR) is 64.1 cm³/mol. The van der Waals surface area contributed by atoms with Gasteiger partial charge in [-0.2, -0.15) is 0 Å². The van der Waals surface area contributed by atoms with Crippen LogP contribution < -0.4 is 5.32 Å². The highest BCUT2D eigenvalue weighted by molar-refractivity contribution is 4.97. The summed E-state index contributed by atoms with van der Waals surface area (Å²) in [6.07, 6.45) is 6.48. The number of aromatic nitrogens is 2. The molecule has 1 heterocycles. The summed E-state index contributed by atoms with van der Waals surface area (Å²) in [7, 11) is 0. The smallest absolute Gasteiger partial charge is 0.111 e. The van der Waals surface area contributed by atoms with Crippen molar-refractivity contribution in [2.75, 3.05) is 13.1 Å². The number of hydrogen-bond donors (Lipinski definition) is 1. The van der Waals surface area contributed by atoms with Crippen molar-refractivity contribution in [3.05, 3.63) is 18.2 Å². The number of nitrogens with one attached hydrogen (secondary N) is 1. The third-order valence-electron chi connectivity index (χ3n) is 2.50. The Morgan fingerprint density at radius 2 is 2.20 bits per heavy atom. The van der Waals surface area contributed by atoms with E-state index in [2.05, 4.69) is 41.8 Å². The summed E-state index contributed by atoms with van der Waals surface area (Å²) >= 11 is 0. The maximum atomic E-state index is 4.37. The Labute approximate surface area is 92.9 Å². The third kappa shape index (κ3) is 4.04. The summed E-state index contributed by atoms with van der Waals surface area (Å²) in [5.74, 6) is 1.70. The summed E-state index contributed by atoms with van der Waals surface area (Å²) in [5.41, 5.74) is 0. The van der Waals surface area contributed by atoms with Crippen LogP contribution in [0, 0.1) is 0 Å². The Kier molecular flexibility index (Phi) is 5.40. The molecule has 15 heavy (non-hydrogen) atoms. The molecule has 1 N–H and O–H groups in total. The van der Waals surface area contributed by atoms with Crippen LogP contribution in [0.15, 0.2) is 12.4 Å². The third-order valence-corrected chi connectivity index (χ3v) is 2.50. The van der Waals surface area contributed by atoms with E-state index >= 15 is 0 Å². The fourth-order valence-electron chi connectivity index (χ4n) is 1.64. The maximum Gasteiger partial charge on any atom is 0.111 e. The standard InChI is InChI=1S/C12H23N3/c1-4-5-6-13-7-9-15-10-8-14-12(15)11(2)3/h8,10-11,13H,4-7,9H2,1-3H3. The van der Waals surface area contributed by atoms with E-state index in [0.29, 0.717) is 5.92 Å². The van der Waals surface area contributed by atoms with Crippen molar-refractivity contribution in [3.63, 3.8) is 0 Å². The van der Waals surface area contributed by atoms with Crippen LogP contribution >= 0.6 is 0 Å². The van der Waals surface area contributed by atoms with Gasteiger partial charge in [0.25, 0.3) is 0 Å². The van der Waals surface area contributed by atoms with Gasteiger partial charge in [-0.15, -0.1) is 0 Å². The van der Waals surface area contributed by atoms with Crippen molar-refractivity contribution in [2.45, 2.75) is 46.1 Å². The molecule has 1 aromatic rings. The Bertz CT molecular complexity index is 266. The minimum atomic E-state index is 0.510. The van der Waals surface area contributed by atoms with E-state index in [1.807, 2.05) is 6.20 Å². The van der Waals surface area contributed by atoms with Crippen molar-refractivity contribution in [2.24, 2.45) is 0 Å². The van der Waals surface area contributed by atoms with Gasteiger partial charge in [0, 0.05) is 31.4 Å². The SMILES string of the molecule is CCCCNCCn1ccnc1C(C)C. The van der Waals surface area contributed by atoms with Crippen molar-refractivity contribution in [1.82, 2.24) is 14.9 Å². The Morgan fingerprint density at radius 1 is 1.40 bits per heavy atom. The second-order valence-electron chi connectivity index (χ2n) is 4.24. The maximum absolute atomic E-state index is 4.37. The Balaban J connectivity index is 2.28. The first-order valence-corrected chi connectivity index (χ1v) is 5.97. The number of rotatable bonds is 7. The minimum absolute atomic E-state index is 0.510. The monoisotopic (exact) mass is 209 g/mol. The molecule has 0 aromatic carbocycles. The zero-order valence-corrected chi connectivity index (χ0v) is 10.2. The minimum Gasteiger partial charge on any atom is -0.333 e. The Morgan fingerprint density at radius 3 is 2.87 bits per heavy atom. The zero-order chi connectivity index (χ0) is 11.1. The molecule has 1 aromatic heterocycles. The van der Waals surface area contributed by atoms with Gasteiger partial charge in [-0.3, -0.25) is 0 Å². The molecule has 0 fully saturated rings. The molecular weight excluding hydrogens is 186 g/mol. The van der Waals surface area contributed by atoms with Crippen LogP contribution in [0.3, 0.4) is 0 Å². The summed E-state index contributed by atoms with van der Waals surface area (Å²) in [4.78, 5) is 4.37. The van der Waals surface area contributed by atoms with Gasteiger partial charge in [0.2, 0.25) is 0 Å². The first kappa shape index (κ1) is 12.2. The summed E-state index contributed by atoms with van der Waals surface area (Å²) in [5, 5.41) is 3.44. The molecule has 0 amide bonds. The van der Waals surface area contributed by atoms with Crippen molar-refractivity contribution >= 4 is 0 Å². The zero-order valence-electron chi connectivity index (χ0n) is 10.2. The highest BCUT2D eigenvalue weighted by Gasteiger charge is 2.05. The van der Waals surface area contributed by atoms with Gasteiger partial charge in [-0.05, 0) is 13.0 Å². The largest absolute Gasteiger partial charge is 0.333 e. The van der Waals surface area contributed by atoms with Crippen LogP contribution in [0.5, 0.6) is 0 Å². The van der Waals surface area contributed by atoms with Crippen LogP contribution in [0.1, 0.15) is 45.4 Å². The van der Waals surface area contributed by atoms with E-state index in [1.54, 1.807) is 0 Å². The molecule has 0 radical (unpaired) electrons.